The molecular formula is C20H23FIN5OS. The molecule has 29 heavy (non-hydrogen) atoms. The summed E-state index contributed by atoms with van der Waals surface area (Å²) < 4.78 is 18.7. The van der Waals surface area contributed by atoms with Crippen molar-refractivity contribution in [2.45, 2.75) is 6.54 Å². The molecule has 1 saturated heterocycles. The third-order valence-corrected chi connectivity index (χ3v) is 5.55. The lowest BCUT2D eigenvalue weighted by atomic mass is 10.2. The van der Waals surface area contributed by atoms with Crippen LogP contribution >= 0.6 is 35.3 Å². The Balaban J connectivity index is 0.00000240. The number of thiophene rings is 1. The first-order valence-electron chi connectivity index (χ1n) is 9.17. The molecule has 4 rings (SSSR count). The molecule has 1 aliphatic heterocycles. The Morgan fingerprint density at radius 3 is 2.62 bits per heavy atom. The molecule has 0 unspecified atom stereocenters. The lowest BCUT2D eigenvalue weighted by Crippen LogP contribution is -2.52. The standard InChI is InChI=1S/C20H22FN5OS.HI/c1-22-20(23-13-16-14-27-19(24-16)18-3-2-12-28-18)26-10-8-25(9-11-26)17-6-4-15(21)5-7-17;/h2-7,12,14H,8-11,13H2,1H3,(H,22,23);1H. The van der Waals surface area contributed by atoms with E-state index in [1.54, 1.807) is 24.6 Å². The molecule has 0 radical (unpaired) electrons. The van der Waals surface area contributed by atoms with Crippen LogP contribution in [0.4, 0.5) is 10.1 Å². The second kappa shape index (κ2) is 10.1. The molecule has 1 fully saturated rings. The van der Waals surface area contributed by atoms with Gasteiger partial charge >= 0.3 is 0 Å². The van der Waals surface area contributed by atoms with Gasteiger partial charge in [-0.15, -0.1) is 35.3 Å². The van der Waals surface area contributed by atoms with Crippen LogP contribution in [0.5, 0.6) is 0 Å². The van der Waals surface area contributed by atoms with E-state index in [1.165, 1.54) is 12.1 Å². The number of oxazole rings is 1. The van der Waals surface area contributed by atoms with Crippen LogP contribution in [0.25, 0.3) is 10.8 Å². The minimum atomic E-state index is -0.206. The molecule has 154 valence electrons. The number of guanidine groups is 1. The van der Waals surface area contributed by atoms with Gasteiger partial charge in [-0.1, -0.05) is 6.07 Å². The van der Waals surface area contributed by atoms with Crippen molar-refractivity contribution in [1.82, 2.24) is 15.2 Å². The minimum absolute atomic E-state index is 0. The third kappa shape index (κ3) is 5.27. The third-order valence-electron chi connectivity index (χ3n) is 4.69. The van der Waals surface area contributed by atoms with Crippen LogP contribution in [0, 0.1) is 5.82 Å². The molecule has 6 nitrogen and oxygen atoms in total. The van der Waals surface area contributed by atoms with Crippen molar-refractivity contribution in [1.29, 1.82) is 0 Å². The average molecular weight is 527 g/mol. The zero-order valence-electron chi connectivity index (χ0n) is 16.0. The first-order valence-corrected chi connectivity index (χ1v) is 10.1. The highest BCUT2D eigenvalue weighted by Crippen LogP contribution is 2.23. The van der Waals surface area contributed by atoms with Crippen LogP contribution in [0.3, 0.4) is 0 Å². The topological polar surface area (TPSA) is 56.9 Å². The van der Waals surface area contributed by atoms with Gasteiger partial charge in [-0.3, -0.25) is 4.99 Å². The second-order valence-corrected chi connectivity index (χ2v) is 7.42. The van der Waals surface area contributed by atoms with E-state index in [2.05, 4.69) is 25.1 Å². The van der Waals surface area contributed by atoms with Crippen molar-refractivity contribution in [2.75, 3.05) is 38.1 Å². The number of piperazine rings is 1. The fourth-order valence-corrected chi connectivity index (χ4v) is 3.89. The number of halogens is 2. The highest BCUT2D eigenvalue weighted by molar-refractivity contribution is 14.0. The predicted molar refractivity (Wildman–Crippen MR) is 126 cm³/mol. The molecule has 2 aromatic heterocycles. The minimum Gasteiger partial charge on any atom is -0.443 e. The predicted octanol–water partition coefficient (Wildman–Crippen LogP) is 4.06. The quantitative estimate of drug-likeness (QED) is 0.315. The van der Waals surface area contributed by atoms with Crippen LogP contribution in [-0.4, -0.2) is 49.1 Å². The number of anilines is 1. The lowest BCUT2D eigenvalue weighted by molar-refractivity contribution is 0.372. The van der Waals surface area contributed by atoms with Crippen LogP contribution in [0.15, 0.2) is 57.5 Å². The van der Waals surface area contributed by atoms with Gasteiger partial charge in [-0.25, -0.2) is 9.37 Å². The zero-order chi connectivity index (χ0) is 19.3. The molecule has 1 aliphatic rings. The highest BCUT2D eigenvalue weighted by atomic mass is 127. The Labute approximate surface area is 190 Å². The van der Waals surface area contributed by atoms with E-state index in [4.69, 9.17) is 4.42 Å². The van der Waals surface area contributed by atoms with Gasteiger partial charge in [0.1, 0.15) is 12.1 Å². The van der Waals surface area contributed by atoms with Gasteiger partial charge in [0.05, 0.1) is 17.1 Å². The summed E-state index contributed by atoms with van der Waals surface area (Å²) in [6, 6.07) is 10.6. The monoisotopic (exact) mass is 527 g/mol. The van der Waals surface area contributed by atoms with Gasteiger partial charge in [-0.2, -0.15) is 0 Å². The van der Waals surface area contributed by atoms with E-state index in [0.717, 1.165) is 48.4 Å². The molecule has 3 aromatic rings. The van der Waals surface area contributed by atoms with Crippen LogP contribution in [0.2, 0.25) is 0 Å². The number of hydrogen-bond acceptors (Lipinski definition) is 5. The molecule has 0 bridgehead atoms. The smallest absolute Gasteiger partial charge is 0.236 e. The molecule has 0 amide bonds. The molecule has 0 atom stereocenters. The van der Waals surface area contributed by atoms with E-state index in [-0.39, 0.29) is 29.8 Å². The molecular weight excluding hydrogens is 504 g/mol. The fourth-order valence-electron chi connectivity index (χ4n) is 3.23. The molecule has 0 aliphatic carbocycles. The van der Waals surface area contributed by atoms with E-state index >= 15 is 0 Å². The van der Waals surface area contributed by atoms with Gasteiger partial charge in [0.25, 0.3) is 0 Å². The van der Waals surface area contributed by atoms with Gasteiger partial charge in [-0.05, 0) is 35.7 Å². The van der Waals surface area contributed by atoms with Gasteiger partial charge < -0.3 is 19.5 Å². The van der Waals surface area contributed by atoms with Crippen molar-refractivity contribution in [3.05, 3.63) is 59.6 Å². The average Bonchev–Trinajstić information content (AvgIpc) is 3.41. The van der Waals surface area contributed by atoms with E-state index in [0.29, 0.717) is 12.4 Å². The van der Waals surface area contributed by atoms with Crippen molar-refractivity contribution in [2.24, 2.45) is 4.99 Å². The van der Waals surface area contributed by atoms with Gasteiger partial charge in [0, 0.05) is 38.9 Å². The first kappa shape index (κ1) is 21.6. The van der Waals surface area contributed by atoms with Gasteiger partial charge in [0.15, 0.2) is 5.96 Å². The van der Waals surface area contributed by atoms with Crippen LogP contribution < -0.4 is 10.2 Å². The van der Waals surface area contributed by atoms with Gasteiger partial charge in [0.2, 0.25) is 5.89 Å². The maximum Gasteiger partial charge on any atom is 0.236 e. The number of nitrogens with zero attached hydrogens (tertiary/aromatic N) is 4. The van der Waals surface area contributed by atoms with E-state index in [1.807, 2.05) is 29.6 Å². The molecule has 9 heteroatoms. The SMILES string of the molecule is CN=C(NCc1coc(-c2cccs2)n1)N1CCN(c2ccc(F)cc2)CC1.I. The molecule has 1 aromatic carbocycles. The number of hydrogen-bond donors (Lipinski definition) is 1. The lowest BCUT2D eigenvalue weighted by Gasteiger charge is -2.37. The number of rotatable bonds is 4. The Kier molecular flexibility index (Phi) is 7.48. The summed E-state index contributed by atoms with van der Waals surface area (Å²) >= 11 is 1.61. The Morgan fingerprint density at radius 2 is 1.97 bits per heavy atom. The van der Waals surface area contributed by atoms with E-state index in [9.17, 15) is 4.39 Å². The van der Waals surface area contributed by atoms with Crippen LogP contribution in [-0.2, 0) is 6.54 Å². The largest absolute Gasteiger partial charge is 0.443 e. The summed E-state index contributed by atoms with van der Waals surface area (Å²) in [5, 5.41) is 5.37. The van der Waals surface area contributed by atoms with Crippen LogP contribution in [0.1, 0.15) is 5.69 Å². The first-order chi connectivity index (χ1) is 13.7. The normalized spacial score (nSPS) is 14.6. The molecule has 0 saturated carbocycles. The summed E-state index contributed by atoms with van der Waals surface area (Å²) in [5.41, 5.74) is 1.89. The van der Waals surface area contributed by atoms with Crippen molar-refractivity contribution in [3.8, 4) is 10.8 Å². The number of nitrogens with one attached hydrogen (secondary N) is 1. The Morgan fingerprint density at radius 1 is 1.21 bits per heavy atom. The maximum atomic E-state index is 13.1. The number of aromatic nitrogens is 1. The molecule has 3 heterocycles. The molecule has 0 spiro atoms. The molecule has 1 N–H and O–H groups in total. The second-order valence-electron chi connectivity index (χ2n) is 6.47. The zero-order valence-corrected chi connectivity index (χ0v) is 19.2. The van der Waals surface area contributed by atoms with E-state index < -0.39 is 0 Å². The summed E-state index contributed by atoms with van der Waals surface area (Å²) in [5.74, 6) is 1.29. The summed E-state index contributed by atoms with van der Waals surface area (Å²) in [6.45, 7) is 3.96. The maximum absolute atomic E-state index is 13.1. The van der Waals surface area contributed by atoms with Crippen molar-refractivity contribution in [3.63, 3.8) is 0 Å². The highest BCUT2D eigenvalue weighted by Gasteiger charge is 2.20. The Hall–Kier alpha value is -2.14. The summed E-state index contributed by atoms with van der Waals surface area (Å²) in [7, 11) is 1.79. The fraction of sp³-hybridized carbons (Fsp3) is 0.300. The summed E-state index contributed by atoms with van der Waals surface area (Å²) in [4.78, 5) is 14.4. The summed E-state index contributed by atoms with van der Waals surface area (Å²) in [6.07, 6.45) is 1.68. The van der Waals surface area contributed by atoms with Crippen molar-refractivity contribution >= 4 is 47.0 Å². The number of benzene rings is 1. The Bertz CT molecular complexity index is 921. The number of aliphatic imine (C=N–C) groups is 1. The van der Waals surface area contributed by atoms with Crippen molar-refractivity contribution < 1.29 is 8.81 Å².